The lowest BCUT2D eigenvalue weighted by Crippen LogP contribution is -2.01. The van der Waals surface area contributed by atoms with Crippen LogP contribution in [0.2, 0.25) is 5.15 Å². The molecule has 1 aromatic heterocycles. The molecule has 0 amide bonds. The van der Waals surface area contributed by atoms with Crippen molar-refractivity contribution in [2.45, 2.75) is 27.4 Å². The largest absolute Gasteiger partial charge is 0.374 e. The van der Waals surface area contributed by atoms with Crippen LogP contribution in [0.3, 0.4) is 0 Å². The van der Waals surface area contributed by atoms with E-state index in [0.717, 1.165) is 11.3 Å². The van der Waals surface area contributed by atoms with Gasteiger partial charge in [-0.2, -0.15) is 0 Å². The van der Waals surface area contributed by atoms with Crippen LogP contribution in [0.4, 0.5) is 0 Å². The van der Waals surface area contributed by atoms with Gasteiger partial charge in [-0.1, -0.05) is 28.8 Å². The molecule has 2 rings (SSSR count). The molecule has 0 aliphatic carbocycles. The zero-order chi connectivity index (χ0) is 13.8. The Hall–Kier alpha value is -1.45. The molecule has 1 aromatic carbocycles. The summed E-state index contributed by atoms with van der Waals surface area (Å²) in [6.07, 6.45) is 0. The van der Waals surface area contributed by atoms with Gasteiger partial charge in [0, 0.05) is 18.2 Å². The predicted octanol–water partition coefficient (Wildman–Crippen LogP) is 3.95. The summed E-state index contributed by atoms with van der Waals surface area (Å²) in [6, 6.07) is 8.10. The van der Waals surface area contributed by atoms with E-state index in [1.807, 2.05) is 6.92 Å². The third kappa shape index (κ3) is 3.75. The third-order valence-corrected chi connectivity index (χ3v) is 2.89. The van der Waals surface area contributed by atoms with Crippen molar-refractivity contribution in [2.75, 3.05) is 6.61 Å². The Balaban J connectivity index is 2.40. The summed E-state index contributed by atoms with van der Waals surface area (Å²) in [4.78, 5) is 8.67. The van der Waals surface area contributed by atoms with E-state index < -0.39 is 0 Å². The molecule has 0 unspecified atom stereocenters. The molecule has 3 nitrogen and oxygen atoms in total. The zero-order valence-electron chi connectivity index (χ0n) is 11.4. The highest BCUT2D eigenvalue weighted by atomic mass is 35.5. The Morgan fingerprint density at radius 3 is 2.37 bits per heavy atom. The van der Waals surface area contributed by atoms with Gasteiger partial charge in [0.2, 0.25) is 0 Å². The molecular weight excluding hydrogens is 260 g/mol. The summed E-state index contributed by atoms with van der Waals surface area (Å²) in [5.41, 5.74) is 4.30. The van der Waals surface area contributed by atoms with Crippen LogP contribution >= 0.6 is 11.6 Å². The van der Waals surface area contributed by atoms with Crippen molar-refractivity contribution in [1.29, 1.82) is 0 Å². The molecule has 0 aliphatic rings. The second-order valence-electron chi connectivity index (χ2n) is 4.51. The molecular formula is C15H17ClN2O. The smallest absolute Gasteiger partial charge is 0.156 e. The van der Waals surface area contributed by atoms with Crippen LogP contribution in [-0.2, 0) is 11.3 Å². The molecule has 19 heavy (non-hydrogen) atoms. The van der Waals surface area contributed by atoms with Gasteiger partial charge in [0.1, 0.15) is 11.8 Å². The number of rotatable bonds is 4. The Kier molecular flexibility index (Phi) is 4.51. The molecule has 0 saturated heterocycles. The summed E-state index contributed by atoms with van der Waals surface area (Å²) in [6.45, 7) is 7.10. The van der Waals surface area contributed by atoms with Crippen molar-refractivity contribution in [2.24, 2.45) is 0 Å². The van der Waals surface area contributed by atoms with Crippen molar-refractivity contribution in [3.8, 4) is 11.3 Å². The lowest BCUT2D eigenvalue weighted by molar-refractivity contribution is 0.128. The van der Waals surface area contributed by atoms with Crippen LogP contribution in [0.5, 0.6) is 0 Å². The van der Waals surface area contributed by atoms with E-state index in [1.165, 1.54) is 11.1 Å². The van der Waals surface area contributed by atoms with Crippen molar-refractivity contribution in [3.63, 3.8) is 0 Å². The van der Waals surface area contributed by atoms with E-state index >= 15 is 0 Å². The third-order valence-electron chi connectivity index (χ3n) is 2.69. The average Bonchev–Trinajstić information content (AvgIpc) is 2.34. The normalized spacial score (nSPS) is 10.7. The monoisotopic (exact) mass is 276 g/mol. The summed E-state index contributed by atoms with van der Waals surface area (Å²) in [5.74, 6) is 0.614. The zero-order valence-corrected chi connectivity index (χ0v) is 12.2. The standard InChI is InChI=1S/C15H17ClN2O/c1-4-19-9-15-17-13(8-14(16)18-15)12-6-10(2)5-11(3)7-12/h5-8H,4,9H2,1-3H3. The molecule has 2 aromatic rings. The molecule has 0 spiro atoms. The number of ether oxygens (including phenoxy) is 1. The second kappa shape index (κ2) is 6.13. The number of hydrogen-bond acceptors (Lipinski definition) is 3. The topological polar surface area (TPSA) is 35.0 Å². The fourth-order valence-corrected chi connectivity index (χ4v) is 2.19. The molecule has 100 valence electrons. The molecule has 4 heteroatoms. The summed E-state index contributed by atoms with van der Waals surface area (Å²) in [7, 11) is 0. The minimum absolute atomic E-state index is 0.384. The lowest BCUT2D eigenvalue weighted by atomic mass is 10.0. The summed E-state index contributed by atoms with van der Waals surface area (Å²) < 4.78 is 5.33. The number of aryl methyl sites for hydroxylation is 2. The van der Waals surface area contributed by atoms with E-state index in [0.29, 0.717) is 24.2 Å². The number of benzene rings is 1. The second-order valence-corrected chi connectivity index (χ2v) is 4.89. The van der Waals surface area contributed by atoms with Crippen LogP contribution in [0, 0.1) is 13.8 Å². The fraction of sp³-hybridized carbons (Fsp3) is 0.333. The van der Waals surface area contributed by atoms with Gasteiger partial charge >= 0.3 is 0 Å². The van der Waals surface area contributed by atoms with Gasteiger partial charge in [0.05, 0.1) is 5.69 Å². The lowest BCUT2D eigenvalue weighted by Gasteiger charge is -2.07. The first-order valence-electron chi connectivity index (χ1n) is 6.28. The highest BCUT2D eigenvalue weighted by Gasteiger charge is 2.07. The molecule has 0 N–H and O–H groups in total. The number of nitrogens with zero attached hydrogens (tertiary/aromatic N) is 2. The van der Waals surface area contributed by atoms with Gasteiger partial charge in [0.15, 0.2) is 5.82 Å². The predicted molar refractivity (Wildman–Crippen MR) is 77.3 cm³/mol. The Morgan fingerprint density at radius 2 is 1.74 bits per heavy atom. The number of hydrogen-bond donors (Lipinski definition) is 0. The molecule has 1 heterocycles. The molecule has 0 saturated carbocycles. The van der Waals surface area contributed by atoms with Gasteiger partial charge in [-0.05, 0) is 32.9 Å². The van der Waals surface area contributed by atoms with Gasteiger partial charge < -0.3 is 4.74 Å². The van der Waals surface area contributed by atoms with E-state index in [4.69, 9.17) is 16.3 Å². The number of halogens is 1. The van der Waals surface area contributed by atoms with Crippen molar-refractivity contribution >= 4 is 11.6 Å². The first kappa shape index (κ1) is 14.0. The van der Waals surface area contributed by atoms with Crippen LogP contribution in [0.15, 0.2) is 24.3 Å². The van der Waals surface area contributed by atoms with E-state index in [-0.39, 0.29) is 0 Å². The van der Waals surface area contributed by atoms with Crippen LogP contribution in [0.1, 0.15) is 23.9 Å². The van der Waals surface area contributed by atoms with Crippen molar-refractivity contribution in [1.82, 2.24) is 9.97 Å². The molecule has 0 radical (unpaired) electrons. The Morgan fingerprint density at radius 1 is 1.05 bits per heavy atom. The van der Waals surface area contributed by atoms with E-state index in [2.05, 4.69) is 42.0 Å². The minimum atomic E-state index is 0.384. The molecule has 0 fully saturated rings. The molecule has 0 atom stereocenters. The van der Waals surface area contributed by atoms with Gasteiger partial charge in [-0.3, -0.25) is 0 Å². The van der Waals surface area contributed by atoms with E-state index in [9.17, 15) is 0 Å². The van der Waals surface area contributed by atoms with Crippen LogP contribution in [0.25, 0.3) is 11.3 Å². The molecule has 0 bridgehead atoms. The first-order valence-corrected chi connectivity index (χ1v) is 6.66. The quantitative estimate of drug-likeness (QED) is 0.793. The highest BCUT2D eigenvalue weighted by molar-refractivity contribution is 6.29. The van der Waals surface area contributed by atoms with Crippen LogP contribution in [-0.4, -0.2) is 16.6 Å². The SMILES string of the molecule is CCOCc1nc(Cl)cc(-c2cc(C)cc(C)c2)n1. The highest BCUT2D eigenvalue weighted by Crippen LogP contribution is 2.22. The fourth-order valence-electron chi connectivity index (χ4n) is 1.99. The number of aromatic nitrogens is 2. The maximum absolute atomic E-state index is 6.05. The van der Waals surface area contributed by atoms with Gasteiger partial charge in [-0.15, -0.1) is 0 Å². The van der Waals surface area contributed by atoms with Gasteiger partial charge in [-0.25, -0.2) is 9.97 Å². The van der Waals surface area contributed by atoms with Gasteiger partial charge in [0.25, 0.3) is 0 Å². The average molecular weight is 277 g/mol. The Bertz CT molecular complexity index is 564. The van der Waals surface area contributed by atoms with Crippen LogP contribution < -0.4 is 0 Å². The molecule has 0 aliphatic heterocycles. The minimum Gasteiger partial charge on any atom is -0.374 e. The first-order chi connectivity index (χ1) is 9.08. The van der Waals surface area contributed by atoms with Crippen molar-refractivity contribution in [3.05, 3.63) is 46.4 Å². The van der Waals surface area contributed by atoms with Crippen molar-refractivity contribution < 1.29 is 4.74 Å². The summed E-state index contributed by atoms with van der Waals surface area (Å²) >= 11 is 6.05. The van der Waals surface area contributed by atoms with E-state index in [1.54, 1.807) is 6.07 Å². The maximum atomic E-state index is 6.05. The maximum Gasteiger partial charge on any atom is 0.156 e. The Labute approximate surface area is 118 Å². The summed E-state index contributed by atoms with van der Waals surface area (Å²) in [5, 5.41) is 0.443.